The maximum absolute atomic E-state index is 13.8. The van der Waals surface area contributed by atoms with E-state index in [2.05, 4.69) is 9.97 Å². The van der Waals surface area contributed by atoms with Crippen LogP contribution in [0.25, 0.3) is 0 Å². The predicted molar refractivity (Wildman–Crippen MR) is 77.8 cm³/mol. The van der Waals surface area contributed by atoms with Crippen molar-refractivity contribution < 1.29 is 8.78 Å². The molecule has 0 atom stereocenters. The van der Waals surface area contributed by atoms with Gasteiger partial charge in [-0.05, 0) is 12.1 Å². The van der Waals surface area contributed by atoms with E-state index in [4.69, 9.17) is 11.6 Å². The van der Waals surface area contributed by atoms with Crippen LogP contribution in [0.3, 0.4) is 0 Å². The van der Waals surface area contributed by atoms with Gasteiger partial charge in [-0.2, -0.15) is 4.39 Å². The Bertz CT molecular complexity index is 645. The van der Waals surface area contributed by atoms with Crippen molar-refractivity contribution in [2.24, 2.45) is 0 Å². The van der Waals surface area contributed by atoms with E-state index < -0.39 is 11.8 Å². The van der Waals surface area contributed by atoms with E-state index in [1.165, 1.54) is 24.5 Å². The molecule has 21 heavy (non-hydrogen) atoms. The first-order chi connectivity index (χ1) is 10.1. The summed E-state index contributed by atoms with van der Waals surface area (Å²) >= 11 is 5.70. The number of hydrogen-bond donors (Lipinski definition) is 0. The minimum atomic E-state index is -0.500. The van der Waals surface area contributed by atoms with E-state index in [1.54, 1.807) is 6.07 Å². The predicted octanol–water partition coefficient (Wildman–Crippen LogP) is 2.73. The summed E-state index contributed by atoms with van der Waals surface area (Å²) in [7, 11) is 0. The number of piperazine rings is 1. The van der Waals surface area contributed by atoms with Crippen molar-refractivity contribution in [2.75, 3.05) is 36.0 Å². The molecule has 3 heterocycles. The molecule has 1 aliphatic rings. The topological polar surface area (TPSA) is 32.3 Å². The first-order valence-corrected chi connectivity index (χ1v) is 6.94. The lowest BCUT2D eigenvalue weighted by Crippen LogP contribution is -2.47. The molecule has 1 fully saturated rings. The van der Waals surface area contributed by atoms with Gasteiger partial charge in [0.05, 0.1) is 5.02 Å². The van der Waals surface area contributed by atoms with Crippen LogP contribution in [0.15, 0.2) is 30.6 Å². The molecule has 0 unspecified atom stereocenters. The van der Waals surface area contributed by atoms with Crippen LogP contribution in [0.1, 0.15) is 0 Å². The number of hydrogen-bond acceptors (Lipinski definition) is 4. The van der Waals surface area contributed by atoms with Crippen LogP contribution in [-0.4, -0.2) is 36.1 Å². The van der Waals surface area contributed by atoms with Gasteiger partial charge < -0.3 is 9.80 Å². The van der Waals surface area contributed by atoms with E-state index in [9.17, 15) is 8.78 Å². The van der Waals surface area contributed by atoms with Gasteiger partial charge in [-0.15, -0.1) is 0 Å². The van der Waals surface area contributed by atoms with Crippen LogP contribution >= 0.6 is 11.6 Å². The van der Waals surface area contributed by atoms with Gasteiger partial charge in [0.25, 0.3) is 0 Å². The largest absolute Gasteiger partial charge is 0.368 e. The molecule has 110 valence electrons. The van der Waals surface area contributed by atoms with Crippen LogP contribution in [-0.2, 0) is 0 Å². The molecule has 0 amide bonds. The highest BCUT2D eigenvalue weighted by Crippen LogP contribution is 2.23. The lowest BCUT2D eigenvalue weighted by Gasteiger charge is -2.36. The summed E-state index contributed by atoms with van der Waals surface area (Å²) in [5.41, 5.74) is 0.784. The van der Waals surface area contributed by atoms with Crippen LogP contribution in [0.2, 0.25) is 5.02 Å². The number of rotatable bonds is 2. The number of nitrogens with zero attached hydrogens (tertiary/aromatic N) is 4. The standard InChI is InChI=1S/C14H13ClF2N4/c15-10-7-12(16)14(19-9-10)21-5-3-20(4-6-21)11-1-2-18-13(17)8-11/h1-2,7-9H,3-6H2. The molecule has 4 nitrogen and oxygen atoms in total. The molecule has 0 saturated carbocycles. The summed E-state index contributed by atoms with van der Waals surface area (Å²) < 4.78 is 27.0. The van der Waals surface area contributed by atoms with E-state index in [1.807, 2.05) is 9.80 Å². The highest BCUT2D eigenvalue weighted by atomic mass is 35.5. The fourth-order valence-corrected chi connectivity index (χ4v) is 2.55. The molecule has 0 aromatic carbocycles. The number of halogens is 3. The van der Waals surface area contributed by atoms with E-state index in [0.717, 1.165) is 5.69 Å². The molecular formula is C14H13ClF2N4. The Hall–Kier alpha value is -1.95. The Kier molecular flexibility index (Phi) is 3.88. The summed E-state index contributed by atoms with van der Waals surface area (Å²) in [6.07, 6.45) is 2.88. The fourth-order valence-electron chi connectivity index (χ4n) is 2.41. The molecule has 0 bridgehead atoms. The summed E-state index contributed by atoms with van der Waals surface area (Å²) in [6.45, 7) is 2.53. The SMILES string of the molecule is Fc1cc(N2CCN(c3ncc(Cl)cc3F)CC2)ccn1. The second-order valence-corrected chi connectivity index (χ2v) is 5.21. The molecule has 0 N–H and O–H groups in total. The van der Waals surface area contributed by atoms with Gasteiger partial charge in [-0.25, -0.2) is 14.4 Å². The number of pyridine rings is 2. The first kappa shape index (κ1) is 14.0. The van der Waals surface area contributed by atoms with Crippen molar-refractivity contribution in [2.45, 2.75) is 0 Å². The summed E-state index contributed by atoms with van der Waals surface area (Å²) in [4.78, 5) is 11.5. The van der Waals surface area contributed by atoms with Crippen molar-refractivity contribution in [3.63, 3.8) is 0 Å². The Balaban J connectivity index is 1.70. The molecule has 0 aliphatic carbocycles. The number of aromatic nitrogens is 2. The van der Waals surface area contributed by atoms with Crippen LogP contribution in [0.4, 0.5) is 20.3 Å². The number of anilines is 2. The molecule has 1 aliphatic heterocycles. The van der Waals surface area contributed by atoms with Crippen molar-refractivity contribution in [1.29, 1.82) is 0 Å². The van der Waals surface area contributed by atoms with Gasteiger partial charge in [0, 0.05) is 50.3 Å². The second-order valence-electron chi connectivity index (χ2n) is 4.77. The van der Waals surface area contributed by atoms with Gasteiger partial charge in [0.1, 0.15) is 0 Å². The van der Waals surface area contributed by atoms with Crippen molar-refractivity contribution in [1.82, 2.24) is 9.97 Å². The summed E-state index contributed by atoms with van der Waals surface area (Å²) in [5, 5.41) is 0.280. The highest BCUT2D eigenvalue weighted by molar-refractivity contribution is 6.30. The third kappa shape index (κ3) is 3.05. The van der Waals surface area contributed by atoms with Gasteiger partial charge >= 0.3 is 0 Å². The lowest BCUT2D eigenvalue weighted by atomic mass is 10.2. The van der Waals surface area contributed by atoms with E-state index in [0.29, 0.717) is 32.0 Å². The molecule has 0 spiro atoms. The Labute approximate surface area is 126 Å². The normalized spacial score (nSPS) is 15.4. The average Bonchev–Trinajstić information content (AvgIpc) is 2.47. The van der Waals surface area contributed by atoms with Crippen molar-refractivity contribution in [3.05, 3.63) is 47.4 Å². The van der Waals surface area contributed by atoms with E-state index >= 15 is 0 Å². The maximum atomic E-state index is 13.8. The molecular weight excluding hydrogens is 298 g/mol. The van der Waals surface area contributed by atoms with Gasteiger partial charge in [0.15, 0.2) is 11.6 Å². The first-order valence-electron chi connectivity index (χ1n) is 6.56. The van der Waals surface area contributed by atoms with Gasteiger partial charge in [-0.3, -0.25) is 0 Å². The zero-order chi connectivity index (χ0) is 14.8. The Morgan fingerprint density at radius 3 is 2.38 bits per heavy atom. The second kappa shape index (κ2) is 5.81. The van der Waals surface area contributed by atoms with Crippen LogP contribution in [0, 0.1) is 11.8 Å². The Morgan fingerprint density at radius 2 is 1.71 bits per heavy atom. The maximum Gasteiger partial charge on any atom is 0.214 e. The molecule has 7 heteroatoms. The molecule has 2 aromatic heterocycles. The zero-order valence-corrected chi connectivity index (χ0v) is 11.9. The minimum Gasteiger partial charge on any atom is -0.368 e. The molecule has 3 rings (SSSR count). The fraction of sp³-hybridized carbons (Fsp3) is 0.286. The van der Waals surface area contributed by atoms with Crippen molar-refractivity contribution >= 4 is 23.1 Å². The van der Waals surface area contributed by atoms with Gasteiger partial charge in [0.2, 0.25) is 5.95 Å². The molecule has 2 aromatic rings. The lowest BCUT2D eigenvalue weighted by molar-refractivity contribution is 0.576. The summed E-state index contributed by atoms with van der Waals surface area (Å²) in [5.74, 6) is -0.619. The third-order valence-corrected chi connectivity index (χ3v) is 3.65. The average molecular weight is 311 g/mol. The van der Waals surface area contributed by atoms with Gasteiger partial charge in [-0.1, -0.05) is 11.6 Å². The Morgan fingerprint density at radius 1 is 1.00 bits per heavy atom. The van der Waals surface area contributed by atoms with Crippen LogP contribution in [0.5, 0.6) is 0 Å². The minimum absolute atomic E-state index is 0.280. The van der Waals surface area contributed by atoms with Crippen LogP contribution < -0.4 is 9.80 Å². The third-order valence-electron chi connectivity index (χ3n) is 3.44. The zero-order valence-electron chi connectivity index (χ0n) is 11.1. The molecule has 1 saturated heterocycles. The monoisotopic (exact) mass is 310 g/mol. The highest BCUT2D eigenvalue weighted by Gasteiger charge is 2.21. The quantitative estimate of drug-likeness (QED) is 0.798. The van der Waals surface area contributed by atoms with Crippen molar-refractivity contribution in [3.8, 4) is 0 Å². The molecule has 0 radical (unpaired) electrons. The smallest absolute Gasteiger partial charge is 0.214 e. The summed E-state index contributed by atoms with van der Waals surface area (Å²) in [6, 6.07) is 4.42. The van der Waals surface area contributed by atoms with E-state index in [-0.39, 0.29) is 5.02 Å².